The van der Waals surface area contributed by atoms with Gasteiger partial charge in [-0.1, -0.05) is 18.6 Å². The van der Waals surface area contributed by atoms with Gasteiger partial charge in [0.2, 0.25) is 0 Å². The molecular weight excluding hydrogens is 570 g/mol. The minimum atomic E-state index is -2.67. The van der Waals surface area contributed by atoms with Gasteiger partial charge in [-0.15, -0.1) is 11.3 Å². The number of rotatable bonds is 8. The second-order valence-corrected chi connectivity index (χ2v) is 11.6. The zero-order valence-electron chi connectivity index (χ0n) is 24.7. The lowest BCUT2D eigenvalue weighted by Crippen LogP contribution is -2.37. The molecule has 1 aromatic carbocycles. The highest BCUT2D eigenvalue weighted by molar-refractivity contribution is 7.13. The monoisotopic (exact) mass is 604 g/mol. The van der Waals surface area contributed by atoms with Crippen LogP contribution in [0.15, 0.2) is 58.3 Å². The van der Waals surface area contributed by atoms with Gasteiger partial charge in [-0.05, 0) is 75.4 Å². The molecule has 0 saturated carbocycles. The summed E-state index contributed by atoms with van der Waals surface area (Å²) in [5.74, 6) is 0.458. The normalized spacial score (nSPS) is 13.3. The van der Waals surface area contributed by atoms with E-state index in [1.165, 1.54) is 23.6 Å². The van der Waals surface area contributed by atoms with Gasteiger partial charge in [-0.3, -0.25) is 19.1 Å². The molecule has 0 aliphatic carbocycles. The molecular formula is C33H34F2N4O3S. The number of aryl methyl sites for hydroxylation is 1. The zero-order chi connectivity index (χ0) is 30.7. The number of aromatic nitrogens is 3. The first-order chi connectivity index (χ1) is 20.7. The Morgan fingerprint density at radius 1 is 1.12 bits per heavy atom. The summed E-state index contributed by atoms with van der Waals surface area (Å²) < 4.78 is 33.2. The average molecular weight is 605 g/mol. The van der Waals surface area contributed by atoms with Crippen molar-refractivity contribution in [1.82, 2.24) is 19.4 Å². The molecule has 7 nitrogen and oxygen atoms in total. The molecule has 0 radical (unpaired) electrons. The number of alkyl halides is 2. The van der Waals surface area contributed by atoms with Gasteiger partial charge in [0.1, 0.15) is 16.5 Å². The van der Waals surface area contributed by atoms with Gasteiger partial charge >= 0.3 is 0 Å². The number of nitrogens with zero attached hydrogens (tertiary/aromatic N) is 4. The Balaban J connectivity index is 1.76. The number of hydrogen-bond donors (Lipinski definition) is 0. The lowest BCUT2D eigenvalue weighted by atomic mass is 10.0. The van der Waals surface area contributed by atoms with Crippen molar-refractivity contribution in [3.05, 3.63) is 86.4 Å². The largest absolute Gasteiger partial charge is 0.497 e. The number of likely N-dealkylation sites (tertiary alicyclic amines) is 1. The number of halogens is 2. The highest BCUT2D eigenvalue weighted by Gasteiger charge is 2.27. The smallest absolute Gasteiger partial charge is 0.280 e. The number of piperidine rings is 1. The Hall–Kier alpha value is -4.18. The summed E-state index contributed by atoms with van der Waals surface area (Å²) in [5, 5.41) is 2.18. The van der Waals surface area contributed by atoms with Crippen LogP contribution in [0.2, 0.25) is 0 Å². The maximum absolute atomic E-state index is 14.5. The fourth-order valence-corrected chi connectivity index (χ4v) is 6.11. The third-order valence-corrected chi connectivity index (χ3v) is 8.37. The average Bonchev–Trinajstić information content (AvgIpc) is 3.51. The first-order valence-electron chi connectivity index (χ1n) is 14.3. The maximum atomic E-state index is 14.5. The highest BCUT2D eigenvalue weighted by atomic mass is 32.1. The van der Waals surface area contributed by atoms with Crippen molar-refractivity contribution in [3.8, 4) is 33.3 Å². The summed E-state index contributed by atoms with van der Waals surface area (Å²) >= 11 is 1.25. The van der Waals surface area contributed by atoms with Crippen LogP contribution >= 0.6 is 11.3 Å². The van der Waals surface area contributed by atoms with E-state index in [1.54, 1.807) is 29.2 Å². The molecule has 1 fully saturated rings. The molecule has 4 heterocycles. The van der Waals surface area contributed by atoms with E-state index in [0.717, 1.165) is 30.4 Å². The molecule has 0 N–H and O–H groups in total. The number of allylic oxidation sites excluding steroid dienone is 1. The van der Waals surface area contributed by atoms with E-state index in [2.05, 4.69) is 4.98 Å². The molecule has 4 aromatic rings. The molecule has 1 aliphatic rings. The van der Waals surface area contributed by atoms with Crippen molar-refractivity contribution in [2.75, 3.05) is 20.2 Å². The van der Waals surface area contributed by atoms with Crippen molar-refractivity contribution >= 4 is 23.3 Å². The van der Waals surface area contributed by atoms with E-state index in [9.17, 15) is 18.4 Å². The summed E-state index contributed by atoms with van der Waals surface area (Å²) in [6.45, 7) is 7.20. The number of ether oxygens (including phenoxy) is 1. The maximum Gasteiger partial charge on any atom is 0.280 e. The fourth-order valence-electron chi connectivity index (χ4n) is 5.27. The van der Waals surface area contributed by atoms with Crippen LogP contribution in [0, 0.1) is 0 Å². The summed E-state index contributed by atoms with van der Waals surface area (Å²) in [7, 11) is 1.58. The van der Waals surface area contributed by atoms with E-state index in [0.29, 0.717) is 58.5 Å². The standard InChI is InChI=1S/C33H34F2N4O3S/c1-5-21-9-11-23(42-4)16-28(21)39-29(15-20(2)3)24(32(40)38-13-7-6-8-14-38)17-25(33(39)41)31-37-27(19-43-31)22-10-12-26(30(34)35)36-18-22/h9-12,15-19,30H,5-8,13-14H2,1-4H3. The molecule has 1 saturated heterocycles. The first kappa shape index (κ1) is 30.3. The van der Waals surface area contributed by atoms with Crippen LogP contribution in [0.25, 0.3) is 33.6 Å². The molecule has 1 amide bonds. The third-order valence-electron chi connectivity index (χ3n) is 7.49. The second kappa shape index (κ2) is 13.0. The summed E-state index contributed by atoms with van der Waals surface area (Å²) in [5.41, 5.74) is 4.13. The van der Waals surface area contributed by atoms with Gasteiger partial charge in [-0.2, -0.15) is 0 Å². The summed E-state index contributed by atoms with van der Waals surface area (Å²) in [6, 6.07) is 10.1. The Bertz CT molecular complexity index is 1720. The topological polar surface area (TPSA) is 77.3 Å². The molecule has 43 heavy (non-hydrogen) atoms. The van der Waals surface area contributed by atoms with Crippen LogP contribution in [-0.4, -0.2) is 45.5 Å². The Kier molecular flexibility index (Phi) is 9.15. The van der Waals surface area contributed by atoms with E-state index < -0.39 is 6.43 Å². The van der Waals surface area contributed by atoms with Crippen LogP contribution in [0.4, 0.5) is 8.78 Å². The van der Waals surface area contributed by atoms with Gasteiger partial charge in [0.15, 0.2) is 0 Å². The minimum Gasteiger partial charge on any atom is -0.497 e. The number of amides is 1. The molecule has 0 spiro atoms. The first-order valence-corrected chi connectivity index (χ1v) is 15.2. The van der Waals surface area contributed by atoms with E-state index in [4.69, 9.17) is 9.72 Å². The molecule has 5 rings (SSSR count). The van der Waals surface area contributed by atoms with Gasteiger partial charge < -0.3 is 9.64 Å². The lowest BCUT2D eigenvalue weighted by Gasteiger charge is -2.28. The van der Waals surface area contributed by atoms with Crippen molar-refractivity contribution in [1.29, 1.82) is 0 Å². The Morgan fingerprint density at radius 2 is 1.88 bits per heavy atom. The van der Waals surface area contributed by atoms with Crippen LogP contribution in [0.1, 0.15) is 73.8 Å². The predicted molar refractivity (Wildman–Crippen MR) is 166 cm³/mol. The second-order valence-electron chi connectivity index (χ2n) is 10.7. The quantitative estimate of drug-likeness (QED) is 0.207. The number of hydrogen-bond acceptors (Lipinski definition) is 6. The van der Waals surface area contributed by atoms with Gasteiger partial charge in [0, 0.05) is 36.3 Å². The van der Waals surface area contributed by atoms with Crippen LogP contribution in [-0.2, 0) is 6.42 Å². The van der Waals surface area contributed by atoms with Crippen molar-refractivity contribution in [2.45, 2.75) is 52.9 Å². The van der Waals surface area contributed by atoms with E-state index >= 15 is 0 Å². The molecule has 1 aliphatic heterocycles. The number of carbonyl (C=O) groups excluding carboxylic acids is 1. The van der Waals surface area contributed by atoms with Crippen LogP contribution in [0.5, 0.6) is 5.75 Å². The number of carbonyl (C=O) groups is 1. The number of benzene rings is 1. The molecule has 10 heteroatoms. The molecule has 0 unspecified atom stereocenters. The fraction of sp³-hybridized carbons (Fsp3) is 0.333. The Labute approximate surface area is 253 Å². The van der Waals surface area contributed by atoms with Gasteiger partial charge in [0.25, 0.3) is 17.9 Å². The third kappa shape index (κ3) is 6.29. The highest BCUT2D eigenvalue weighted by Crippen LogP contribution is 2.32. The van der Waals surface area contributed by atoms with Gasteiger partial charge in [-0.25, -0.2) is 13.8 Å². The molecule has 3 aromatic heterocycles. The summed E-state index contributed by atoms with van der Waals surface area (Å²) in [4.78, 5) is 39.1. The van der Waals surface area contributed by atoms with Crippen molar-refractivity contribution < 1.29 is 18.3 Å². The number of thiazole rings is 1. The number of methoxy groups -OCH3 is 1. The molecule has 0 atom stereocenters. The van der Waals surface area contributed by atoms with Crippen molar-refractivity contribution in [3.63, 3.8) is 0 Å². The zero-order valence-corrected chi connectivity index (χ0v) is 25.5. The Morgan fingerprint density at radius 3 is 2.51 bits per heavy atom. The lowest BCUT2D eigenvalue weighted by molar-refractivity contribution is 0.0723. The van der Waals surface area contributed by atoms with Crippen LogP contribution < -0.4 is 10.3 Å². The van der Waals surface area contributed by atoms with Gasteiger partial charge in [0.05, 0.1) is 35.3 Å². The SMILES string of the molecule is CCc1ccc(OC)cc1-n1c(C=C(C)C)c(C(=O)N2CCCCC2)cc(-c2nc(-c3ccc(C(F)F)nc3)cs2)c1=O. The van der Waals surface area contributed by atoms with Crippen molar-refractivity contribution in [2.24, 2.45) is 0 Å². The van der Waals surface area contributed by atoms with E-state index in [-0.39, 0.29) is 22.7 Å². The van der Waals surface area contributed by atoms with Crippen LogP contribution in [0.3, 0.4) is 0 Å². The number of pyridine rings is 2. The molecule has 224 valence electrons. The van der Waals surface area contributed by atoms with E-state index in [1.807, 2.05) is 49.9 Å². The minimum absolute atomic E-state index is 0.133. The summed E-state index contributed by atoms with van der Waals surface area (Å²) in [6.07, 6.45) is 4.16. The predicted octanol–water partition coefficient (Wildman–Crippen LogP) is 7.58. The molecule has 0 bridgehead atoms.